The summed E-state index contributed by atoms with van der Waals surface area (Å²) in [6, 6.07) is 5.76. The third-order valence-corrected chi connectivity index (χ3v) is 3.52. The van der Waals surface area contributed by atoms with Crippen molar-refractivity contribution in [3.8, 4) is 0 Å². The smallest absolute Gasteiger partial charge is 0.316 e. The molecule has 1 unspecified atom stereocenters. The van der Waals surface area contributed by atoms with Crippen molar-refractivity contribution in [3.05, 3.63) is 34.9 Å². The van der Waals surface area contributed by atoms with E-state index in [1.165, 1.54) is 11.1 Å². The van der Waals surface area contributed by atoms with Crippen LogP contribution in [0.5, 0.6) is 0 Å². The summed E-state index contributed by atoms with van der Waals surface area (Å²) in [6.07, 6.45) is 3.24. The summed E-state index contributed by atoms with van der Waals surface area (Å²) in [5.41, 5.74) is 2.06. The first-order valence-electron chi connectivity index (χ1n) is 5.54. The van der Waals surface area contributed by atoms with Gasteiger partial charge in [0.05, 0.1) is 6.61 Å². The molecule has 0 aliphatic heterocycles. The number of hydrogen-bond donors (Lipinski definition) is 2. The van der Waals surface area contributed by atoms with E-state index < -0.39 is 11.4 Å². The molecule has 1 aliphatic rings. The number of aliphatic hydroxyl groups is 1. The molecular formula is C13H16O3. The first kappa shape index (κ1) is 11.1. The molecule has 0 aromatic heterocycles. The van der Waals surface area contributed by atoms with Crippen molar-refractivity contribution in [1.82, 2.24) is 0 Å². The monoisotopic (exact) mass is 220 g/mol. The molecule has 2 rings (SSSR count). The van der Waals surface area contributed by atoms with Crippen LogP contribution in [-0.2, 0) is 23.1 Å². The Labute approximate surface area is 94.7 Å². The van der Waals surface area contributed by atoms with E-state index in [-0.39, 0.29) is 6.61 Å². The number of aliphatic hydroxyl groups excluding tert-OH is 1. The molecule has 0 amide bonds. The van der Waals surface area contributed by atoms with Crippen LogP contribution < -0.4 is 0 Å². The lowest BCUT2D eigenvalue weighted by Crippen LogP contribution is -2.36. The van der Waals surface area contributed by atoms with Gasteiger partial charge in [-0.3, -0.25) is 4.79 Å². The number of aryl methyl sites for hydroxylation is 2. The molecule has 1 aromatic rings. The van der Waals surface area contributed by atoms with Gasteiger partial charge in [-0.2, -0.15) is 0 Å². The zero-order valence-electron chi connectivity index (χ0n) is 9.36. The van der Waals surface area contributed by atoms with Crippen molar-refractivity contribution in [2.24, 2.45) is 0 Å². The minimum atomic E-state index is -1.18. The van der Waals surface area contributed by atoms with Crippen molar-refractivity contribution in [1.29, 1.82) is 0 Å². The van der Waals surface area contributed by atoms with E-state index in [1.54, 1.807) is 6.92 Å². The number of carbonyl (C=O) groups is 1. The van der Waals surface area contributed by atoms with Gasteiger partial charge >= 0.3 is 5.97 Å². The van der Waals surface area contributed by atoms with Gasteiger partial charge in [0.1, 0.15) is 5.41 Å². The molecule has 0 spiro atoms. The number of fused-ring (bicyclic) bond motifs is 1. The molecule has 1 aliphatic carbocycles. The van der Waals surface area contributed by atoms with E-state index in [9.17, 15) is 15.0 Å². The van der Waals surface area contributed by atoms with Gasteiger partial charge in [0.25, 0.3) is 0 Å². The first-order chi connectivity index (χ1) is 7.58. The summed E-state index contributed by atoms with van der Waals surface area (Å²) in [4.78, 5) is 11.2. The second-order valence-corrected chi connectivity index (χ2v) is 4.63. The minimum Gasteiger partial charge on any atom is -0.481 e. The van der Waals surface area contributed by atoms with E-state index in [0.29, 0.717) is 5.56 Å². The quantitative estimate of drug-likeness (QED) is 0.811. The third kappa shape index (κ3) is 1.61. The Morgan fingerprint density at radius 1 is 1.38 bits per heavy atom. The maximum atomic E-state index is 11.2. The molecule has 1 atom stereocenters. The predicted octanol–water partition coefficient (Wildman–Crippen LogP) is 1.51. The molecule has 0 saturated carbocycles. The van der Waals surface area contributed by atoms with Crippen LogP contribution in [0.25, 0.3) is 0 Å². The molecule has 16 heavy (non-hydrogen) atoms. The summed E-state index contributed by atoms with van der Waals surface area (Å²) in [6.45, 7) is 1.19. The zero-order valence-corrected chi connectivity index (χ0v) is 9.36. The number of benzene rings is 1. The van der Waals surface area contributed by atoms with Crippen molar-refractivity contribution < 1.29 is 15.0 Å². The minimum absolute atomic E-state index is 0.374. The first-order valence-corrected chi connectivity index (χ1v) is 5.54. The van der Waals surface area contributed by atoms with Crippen LogP contribution in [0, 0.1) is 0 Å². The lowest BCUT2D eigenvalue weighted by Gasteiger charge is -2.23. The average molecular weight is 220 g/mol. The molecule has 0 bridgehead atoms. The standard InChI is InChI=1S/C13H16O3/c1-13(8-14,12(15)16)11-6-5-9-3-2-4-10(9)7-11/h5-7,14H,2-4,8H2,1H3,(H,15,16). The van der Waals surface area contributed by atoms with Gasteiger partial charge in [-0.05, 0) is 42.9 Å². The van der Waals surface area contributed by atoms with Gasteiger partial charge in [0.15, 0.2) is 0 Å². The fourth-order valence-electron chi connectivity index (χ4n) is 2.20. The van der Waals surface area contributed by atoms with E-state index in [1.807, 2.05) is 18.2 Å². The molecule has 1 aromatic carbocycles. The number of aliphatic carboxylic acids is 1. The molecule has 3 nitrogen and oxygen atoms in total. The lowest BCUT2D eigenvalue weighted by atomic mass is 9.82. The van der Waals surface area contributed by atoms with Crippen LogP contribution in [0.2, 0.25) is 0 Å². The summed E-state index contributed by atoms with van der Waals surface area (Å²) in [5, 5.41) is 18.5. The predicted molar refractivity (Wildman–Crippen MR) is 60.5 cm³/mol. The highest BCUT2D eigenvalue weighted by Crippen LogP contribution is 2.29. The Morgan fingerprint density at radius 3 is 2.69 bits per heavy atom. The number of hydrogen-bond acceptors (Lipinski definition) is 2. The molecule has 0 radical (unpaired) electrons. The fraction of sp³-hybridized carbons (Fsp3) is 0.462. The molecule has 0 saturated heterocycles. The van der Waals surface area contributed by atoms with Crippen LogP contribution in [0.15, 0.2) is 18.2 Å². The number of rotatable bonds is 3. The molecule has 86 valence electrons. The van der Waals surface area contributed by atoms with Crippen molar-refractivity contribution in [3.63, 3.8) is 0 Å². The summed E-state index contributed by atoms with van der Waals surface area (Å²) in [5.74, 6) is -0.979. The largest absolute Gasteiger partial charge is 0.481 e. The lowest BCUT2D eigenvalue weighted by molar-refractivity contribution is -0.144. The normalized spacial score (nSPS) is 17.9. The van der Waals surface area contributed by atoms with Crippen molar-refractivity contribution in [2.75, 3.05) is 6.61 Å². The third-order valence-electron chi connectivity index (χ3n) is 3.52. The Morgan fingerprint density at radius 2 is 2.06 bits per heavy atom. The van der Waals surface area contributed by atoms with Gasteiger partial charge in [0, 0.05) is 0 Å². The Hall–Kier alpha value is -1.35. The number of carboxylic acid groups (broad SMARTS) is 1. The maximum absolute atomic E-state index is 11.2. The topological polar surface area (TPSA) is 57.5 Å². The van der Waals surface area contributed by atoms with E-state index in [4.69, 9.17) is 0 Å². The summed E-state index contributed by atoms with van der Waals surface area (Å²) >= 11 is 0. The SMILES string of the molecule is CC(CO)(C(=O)O)c1ccc2c(c1)CCC2. The molecule has 0 fully saturated rings. The van der Waals surface area contributed by atoms with Gasteiger partial charge < -0.3 is 10.2 Å². The highest BCUT2D eigenvalue weighted by Gasteiger charge is 2.35. The molecule has 2 N–H and O–H groups in total. The number of carboxylic acids is 1. The zero-order chi connectivity index (χ0) is 11.8. The summed E-state index contributed by atoms with van der Waals surface area (Å²) in [7, 11) is 0. The van der Waals surface area contributed by atoms with Crippen LogP contribution >= 0.6 is 0 Å². The van der Waals surface area contributed by atoms with Gasteiger partial charge in [-0.1, -0.05) is 18.2 Å². The fourth-order valence-corrected chi connectivity index (χ4v) is 2.20. The molecular weight excluding hydrogens is 204 g/mol. The Bertz CT molecular complexity index is 425. The van der Waals surface area contributed by atoms with Crippen LogP contribution in [-0.4, -0.2) is 22.8 Å². The second-order valence-electron chi connectivity index (χ2n) is 4.63. The second kappa shape index (κ2) is 3.91. The van der Waals surface area contributed by atoms with Crippen LogP contribution in [0.3, 0.4) is 0 Å². The van der Waals surface area contributed by atoms with E-state index >= 15 is 0 Å². The summed E-state index contributed by atoms with van der Waals surface area (Å²) < 4.78 is 0. The highest BCUT2D eigenvalue weighted by atomic mass is 16.4. The maximum Gasteiger partial charge on any atom is 0.316 e. The van der Waals surface area contributed by atoms with E-state index in [0.717, 1.165) is 19.3 Å². The average Bonchev–Trinajstić information content (AvgIpc) is 2.74. The highest BCUT2D eigenvalue weighted by molar-refractivity contribution is 5.81. The Balaban J connectivity index is 2.44. The van der Waals surface area contributed by atoms with Gasteiger partial charge in [-0.25, -0.2) is 0 Å². The van der Waals surface area contributed by atoms with Crippen LogP contribution in [0.4, 0.5) is 0 Å². The molecule has 3 heteroatoms. The van der Waals surface area contributed by atoms with Crippen LogP contribution in [0.1, 0.15) is 30.0 Å². The van der Waals surface area contributed by atoms with Crippen molar-refractivity contribution in [2.45, 2.75) is 31.6 Å². The van der Waals surface area contributed by atoms with Gasteiger partial charge in [-0.15, -0.1) is 0 Å². The van der Waals surface area contributed by atoms with Gasteiger partial charge in [0.2, 0.25) is 0 Å². The van der Waals surface area contributed by atoms with E-state index in [2.05, 4.69) is 0 Å². The Kier molecular flexibility index (Phi) is 2.72. The van der Waals surface area contributed by atoms with Crippen molar-refractivity contribution >= 4 is 5.97 Å². The molecule has 0 heterocycles.